The molecule has 0 saturated heterocycles. The fraction of sp³-hybridized carbons (Fsp3) is 0.333. The number of hydrogen-bond donors (Lipinski definition) is 3. The van der Waals surface area contributed by atoms with Crippen LogP contribution in [0.1, 0.15) is 39.9 Å². The minimum atomic E-state index is -0.105. The lowest BCUT2D eigenvalue weighted by Crippen LogP contribution is -2.26. The summed E-state index contributed by atoms with van der Waals surface area (Å²) in [5, 5.41) is 5.73. The van der Waals surface area contributed by atoms with E-state index in [1.54, 1.807) is 12.1 Å². The summed E-state index contributed by atoms with van der Waals surface area (Å²) in [5.41, 5.74) is 9.36. The molecule has 0 fully saturated rings. The summed E-state index contributed by atoms with van der Waals surface area (Å²) in [6, 6.07) is 15.5. The Balaban J connectivity index is 1.73. The van der Waals surface area contributed by atoms with Crippen LogP contribution in [0.25, 0.3) is 0 Å². The Labute approximate surface area is 155 Å². The molecule has 2 amide bonds. The molecule has 0 saturated carbocycles. The highest BCUT2D eigenvalue weighted by atomic mass is 16.2. The summed E-state index contributed by atoms with van der Waals surface area (Å²) in [6.45, 7) is 3.64. The average Bonchev–Trinajstić information content (AvgIpc) is 2.66. The molecule has 0 unspecified atom stereocenters. The maximum Gasteiger partial charge on any atom is 0.251 e. The molecule has 138 valence electrons. The first-order valence-electron chi connectivity index (χ1n) is 8.98. The van der Waals surface area contributed by atoms with Gasteiger partial charge in [-0.05, 0) is 49.6 Å². The van der Waals surface area contributed by atoms with Crippen molar-refractivity contribution in [3.63, 3.8) is 0 Å². The van der Waals surface area contributed by atoms with Crippen LogP contribution >= 0.6 is 0 Å². The van der Waals surface area contributed by atoms with Crippen molar-refractivity contribution in [1.29, 1.82) is 0 Å². The Hall–Kier alpha value is -2.66. The molecule has 2 rings (SSSR count). The van der Waals surface area contributed by atoms with Crippen LogP contribution in [-0.4, -0.2) is 24.9 Å². The van der Waals surface area contributed by atoms with Gasteiger partial charge >= 0.3 is 0 Å². The van der Waals surface area contributed by atoms with Gasteiger partial charge in [0.1, 0.15) is 0 Å². The SMILES string of the molecule is Cc1ccc(CCC(=O)NCc2ccc(C(=O)NCCCN)cc2)cc1. The fourth-order valence-electron chi connectivity index (χ4n) is 2.48. The van der Waals surface area contributed by atoms with Gasteiger partial charge in [-0.3, -0.25) is 9.59 Å². The topological polar surface area (TPSA) is 84.2 Å². The van der Waals surface area contributed by atoms with E-state index in [2.05, 4.69) is 34.9 Å². The monoisotopic (exact) mass is 353 g/mol. The third-order valence-electron chi connectivity index (χ3n) is 4.13. The number of amides is 2. The van der Waals surface area contributed by atoms with Crippen molar-refractivity contribution >= 4 is 11.8 Å². The molecule has 0 bridgehead atoms. The van der Waals surface area contributed by atoms with E-state index in [0.717, 1.165) is 24.0 Å². The largest absolute Gasteiger partial charge is 0.352 e. The van der Waals surface area contributed by atoms with Gasteiger partial charge in [-0.1, -0.05) is 42.0 Å². The third-order valence-corrected chi connectivity index (χ3v) is 4.13. The average molecular weight is 353 g/mol. The second-order valence-electron chi connectivity index (χ2n) is 6.36. The maximum atomic E-state index is 12.0. The maximum absolute atomic E-state index is 12.0. The number of benzene rings is 2. The smallest absolute Gasteiger partial charge is 0.251 e. The molecule has 0 aliphatic carbocycles. The summed E-state index contributed by atoms with van der Waals surface area (Å²) < 4.78 is 0. The van der Waals surface area contributed by atoms with Crippen molar-refractivity contribution in [2.75, 3.05) is 13.1 Å². The summed E-state index contributed by atoms with van der Waals surface area (Å²) in [6.07, 6.45) is 1.96. The van der Waals surface area contributed by atoms with Crippen molar-refractivity contribution in [1.82, 2.24) is 10.6 Å². The summed E-state index contributed by atoms with van der Waals surface area (Å²) in [7, 11) is 0. The van der Waals surface area contributed by atoms with Gasteiger partial charge in [0.2, 0.25) is 5.91 Å². The lowest BCUT2D eigenvalue weighted by Gasteiger charge is -2.08. The summed E-state index contributed by atoms with van der Waals surface area (Å²) >= 11 is 0. The number of rotatable bonds is 9. The van der Waals surface area contributed by atoms with Gasteiger partial charge in [0.15, 0.2) is 0 Å². The molecule has 5 heteroatoms. The Kier molecular flexibility index (Phi) is 7.83. The minimum absolute atomic E-state index is 0.0224. The van der Waals surface area contributed by atoms with Gasteiger partial charge < -0.3 is 16.4 Å². The van der Waals surface area contributed by atoms with Crippen LogP contribution in [0.3, 0.4) is 0 Å². The van der Waals surface area contributed by atoms with E-state index in [9.17, 15) is 9.59 Å². The Morgan fingerprint density at radius 2 is 1.58 bits per heavy atom. The van der Waals surface area contributed by atoms with Crippen molar-refractivity contribution in [3.8, 4) is 0 Å². The molecule has 0 aliphatic rings. The number of carbonyl (C=O) groups is 2. The molecule has 5 nitrogen and oxygen atoms in total. The third kappa shape index (κ3) is 6.69. The minimum Gasteiger partial charge on any atom is -0.352 e. The molecular formula is C21H27N3O2. The van der Waals surface area contributed by atoms with Gasteiger partial charge in [0.25, 0.3) is 5.91 Å². The first-order valence-corrected chi connectivity index (χ1v) is 8.98. The highest BCUT2D eigenvalue weighted by molar-refractivity contribution is 5.94. The van der Waals surface area contributed by atoms with Crippen LogP contribution < -0.4 is 16.4 Å². The van der Waals surface area contributed by atoms with E-state index in [-0.39, 0.29) is 11.8 Å². The number of aryl methyl sites for hydroxylation is 2. The molecule has 2 aromatic rings. The Morgan fingerprint density at radius 1 is 0.923 bits per heavy atom. The highest BCUT2D eigenvalue weighted by Gasteiger charge is 2.06. The van der Waals surface area contributed by atoms with E-state index < -0.39 is 0 Å². The summed E-state index contributed by atoms with van der Waals surface area (Å²) in [4.78, 5) is 23.9. The van der Waals surface area contributed by atoms with Crippen LogP contribution in [0.4, 0.5) is 0 Å². The first-order chi connectivity index (χ1) is 12.6. The molecule has 0 atom stereocenters. The predicted molar refractivity (Wildman–Crippen MR) is 104 cm³/mol. The van der Waals surface area contributed by atoms with Crippen molar-refractivity contribution in [2.24, 2.45) is 5.73 Å². The van der Waals surface area contributed by atoms with Crippen LogP contribution in [0, 0.1) is 6.92 Å². The number of hydrogen-bond acceptors (Lipinski definition) is 3. The standard InChI is InChI=1S/C21H27N3O2/c1-16-3-5-17(6-4-16)9-12-20(25)24-15-18-7-10-19(11-8-18)21(26)23-14-2-13-22/h3-8,10-11H,2,9,12-15,22H2,1H3,(H,23,26)(H,24,25). The first kappa shape index (κ1) is 19.7. The molecule has 4 N–H and O–H groups in total. The Bertz CT molecular complexity index is 709. The van der Waals surface area contributed by atoms with E-state index in [1.807, 2.05) is 19.1 Å². The van der Waals surface area contributed by atoms with Gasteiger partial charge in [0, 0.05) is 25.1 Å². The van der Waals surface area contributed by atoms with Crippen molar-refractivity contribution in [3.05, 3.63) is 70.8 Å². The second-order valence-corrected chi connectivity index (χ2v) is 6.36. The second kappa shape index (κ2) is 10.4. The molecule has 0 heterocycles. The van der Waals surface area contributed by atoms with Crippen molar-refractivity contribution in [2.45, 2.75) is 32.7 Å². The van der Waals surface area contributed by atoms with Gasteiger partial charge in [0.05, 0.1) is 0 Å². The van der Waals surface area contributed by atoms with Crippen LogP contribution in [0.5, 0.6) is 0 Å². The molecule has 0 aliphatic heterocycles. The van der Waals surface area contributed by atoms with E-state index in [4.69, 9.17) is 5.73 Å². The zero-order valence-corrected chi connectivity index (χ0v) is 15.3. The van der Waals surface area contributed by atoms with Gasteiger partial charge in [-0.15, -0.1) is 0 Å². The molecule has 26 heavy (non-hydrogen) atoms. The molecule has 0 radical (unpaired) electrons. The van der Waals surface area contributed by atoms with Crippen molar-refractivity contribution < 1.29 is 9.59 Å². The van der Waals surface area contributed by atoms with Crippen LogP contribution in [0.2, 0.25) is 0 Å². The van der Waals surface area contributed by atoms with E-state index in [0.29, 0.717) is 31.6 Å². The van der Waals surface area contributed by atoms with E-state index >= 15 is 0 Å². The van der Waals surface area contributed by atoms with Gasteiger partial charge in [-0.25, -0.2) is 0 Å². The number of nitrogens with two attached hydrogens (primary N) is 1. The lowest BCUT2D eigenvalue weighted by molar-refractivity contribution is -0.121. The van der Waals surface area contributed by atoms with Gasteiger partial charge in [-0.2, -0.15) is 0 Å². The molecule has 0 spiro atoms. The summed E-state index contributed by atoms with van der Waals surface area (Å²) in [5.74, 6) is -0.0821. The number of carbonyl (C=O) groups excluding carboxylic acids is 2. The predicted octanol–water partition coefficient (Wildman–Crippen LogP) is 2.32. The van der Waals surface area contributed by atoms with Crippen LogP contribution in [0.15, 0.2) is 48.5 Å². The zero-order chi connectivity index (χ0) is 18.8. The lowest BCUT2D eigenvalue weighted by atomic mass is 10.1. The fourth-order valence-corrected chi connectivity index (χ4v) is 2.48. The highest BCUT2D eigenvalue weighted by Crippen LogP contribution is 2.07. The quantitative estimate of drug-likeness (QED) is 0.605. The normalized spacial score (nSPS) is 10.4. The zero-order valence-electron chi connectivity index (χ0n) is 15.3. The molecule has 2 aromatic carbocycles. The van der Waals surface area contributed by atoms with E-state index in [1.165, 1.54) is 5.56 Å². The van der Waals surface area contributed by atoms with Crippen LogP contribution in [-0.2, 0) is 17.8 Å². The Morgan fingerprint density at radius 3 is 2.23 bits per heavy atom. The molecule has 0 aromatic heterocycles. The molecular weight excluding hydrogens is 326 g/mol. The number of nitrogens with one attached hydrogen (secondary N) is 2.